The Morgan fingerprint density at radius 2 is 1.95 bits per heavy atom. The Hall–Kier alpha value is -1.40. The summed E-state index contributed by atoms with van der Waals surface area (Å²) >= 11 is 6.43. The molecule has 0 radical (unpaired) electrons. The van der Waals surface area contributed by atoms with E-state index in [4.69, 9.17) is 5.11 Å². The molecule has 100 valence electrons. The van der Waals surface area contributed by atoms with Gasteiger partial charge in [-0.05, 0) is 35.0 Å². The first-order chi connectivity index (χ1) is 8.95. The quantitative estimate of drug-likeness (QED) is 0.605. The molecule has 1 aromatic rings. The molecule has 0 saturated carbocycles. The van der Waals surface area contributed by atoms with Gasteiger partial charge < -0.3 is 10.4 Å². The third-order valence-corrected chi connectivity index (χ3v) is 3.17. The lowest BCUT2D eigenvalue weighted by Gasteiger charge is -2.09. The number of carboxylic acid groups (broad SMARTS) is 1. The van der Waals surface area contributed by atoms with Crippen molar-refractivity contribution in [2.24, 2.45) is 0 Å². The van der Waals surface area contributed by atoms with E-state index in [1.165, 1.54) is 12.1 Å². The number of allylic oxidation sites excluding steroid dienone is 3. The third kappa shape index (κ3) is 4.65. The molecule has 19 heavy (non-hydrogen) atoms. The number of aromatic carboxylic acids is 1. The lowest BCUT2D eigenvalue weighted by Crippen LogP contribution is -2.12. The molecule has 0 saturated heterocycles. The van der Waals surface area contributed by atoms with Gasteiger partial charge in [0, 0.05) is 15.0 Å². The number of hydrogen-bond acceptors (Lipinski definition) is 2. The number of amides is 1. The van der Waals surface area contributed by atoms with Crippen LogP contribution in [0.5, 0.6) is 0 Å². The van der Waals surface area contributed by atoms with Crippen LogP contribution in [0.25, 0.3) is 0 Å². The average molecular weight is 389 g/mol. The fourth-order valence-electron chi connectivity index (χ4n) is 1.29. The van der Waals surface area contributed by atoms with Crippen molar-refractivity contribution in [1.82, 2.24) is 0 Å². The van der Waals surface area contributed by atoms with Crippen LogP contribution in [0.3, 0.4) is 0 Å². The second kappa shape index (κ2) is 7.25. The van der Waals surface area contributed by atoms with E-state index in [0.717, 1.165) is 0 Å². The highest BCUT2D eigenvalue weighted by atomic mass is 79.9. The van der Waals surface area contributed by atoms with Gasteiger partial charge in [0.1, 0.15) is 0 Å². The molecule has 6 heteroatoms. The van der Waals surface area contributed by atoms with Crippen molar-refractivity contribution in [3.63, 3.8) is 0 Å². The number of anilines is 1. The van der Waals surface area contributed by atoms with Gasteiger partial charge in [-0.15, -0.1) is 0 Å². The summed E-state index contributed by atoms with van der Waals surface area (Å²) in [5, 5.41) is 11.7. The highest BCUT2D eigenvalue weighted by molar-refractivity contribution is 9.11. The third-order valence-electron chi connectivity index (χ3n) is 2.08. The lowest BCUT2D eigenvalue weighted by atomic mass is 10.2. The number of halogens is 2. The van der Waals surface area contributed by atoms with E-state index >= 15 is 0 Å². The summed E-state index contributed by atoms with van der Waals surface area (Å²) < 4.78 is 1.10. The van der Waals surface area contributed by atoms with E-state index in [2.05, 4.69) is 37.2 Å². The van der Waals surface area contributed by atoms with Crippen molar-refractivity contribution in [2.75, 3.05) is 5.32 Å². The maximum Gasteiger partial charge on any atom is 0.337 e. The molecule has 0 aliphatic heterocycles. The summed E-state index contributed by atoms with van der Waals surface area (Å²) in [6, 6.07) is 3.09. The molecule has 0 unspecified atom stereocenters. The van der Waals surface area contributed by atoms with Crippen LogP contribution >= 0.6 is 31.9 Å². The van der Waals surface area contributed by atoms with Crippen LogP contribution in [0.1, 0.15) is 17.3 Å². The van der Waals surface area contributed by atoms with Gasteiger partial charge in [-0.3, -0.25) is 4.79 Å². The molecule has 0 bridgehead atoms. The van der Waals surface area contributed by atoms with Crippen molar-refractivity contribution < 1.29 is 14.7 Å². The first kappa shape index (κ1) is 15.7. The zero-order chi connectivity index (χ0) is 14.4. The number of benzene rings is 1. The summed E-state index contributed by atoms with van der Waals surface area (Å²) in [6.45, 7) is 1.83. The summed E-state index contributed by atoms with van der Waals surface area (Å²) in [7, 11) is 0. The molecule has 1 amide bonds. The van der Waals surface area contributed by atoms with Crippen LogP contribution in [0.2, 0.25) is 0 Å². The molecular weight excluding hydrogens is 378 g/mol. The van der Waals surface area contributed by atoms with E-state index in [0.29, 0.717) is 8.95 Å². The SMILES string of the molecule is CC=CC=CC(=O)Nc1c(Br)cc(Br)cc1C(=O)O. The molecule has 0 spiro atoms. The van der Waals surface area contributed by atoms with Crippen LogP contribution < -0.4 is 5.32 Å². The zero-order valence-corrected chi connectivity index (χ0v) is 13.2. The second-order valence-corrected chi connectivity index (χ2v) is 5.26. The normalized spacial score (nSPS) is 11.1. The fraction of sp³-hybridized carbons (Fsp3) is 0.0769. The van der Waals surface area contributed by atoms with E-state index in [9.17, 15) is 9.59 Å². The Morgan fingerprint density at radius 1 is 1.26 bits per heavy atom. The van der Waals surface area contributed by atoms with Crippen LogP contribution in [-0.4, -0.2) is 17.0 Å². The average Bonchev–Trinajstić information content (AvgIpc) is 2.32. The van der Waals surface area contributed by atoms with Gasteiger partial charge in [0.2, 0.25) is 5.91 Å². The number of nitrogens with one attached hydrogen (secondary N) is 1. The molecule has 1 aromatic carbocycles. The number of carbonyl (C=O) groups is 2. The second-order valence-electron chi connectivity index (χ2n) is 3.49. The van der Waals surface area contributed by atoms with Crippen LogP contribution in [0.4, 0.5) is 5.69 Å². The fourth-order valence-corrected chi connectivity index (χ4v) is 2.61. The predicted octanol–water partition coefficient (Wildman–Crippen LogP) is 3.98. The molecule has 0 heterocycles. The Labute approximate surface area is 127 Å². The molecule has 4 nitrogen and oxygen atoms in total. The number of carboxylic acids is 1. The van der Waals surface area contributed by atoms with Gasteiger partial charge in [-0.25, -0.2) is 4.79 Å². The molecule has 2 N–H and O–H groups in total. The largest absolute Gasteiger partial charge is 0.478 e. The molecule has 0 aliphatic rings. The van der Waals surface area contributed by atoms with Crippen LogP contribution in [-0.2, 0) is 4.79 Å². The first-order valence-electron chi connectivity index (χ1n) is 5.28. The van der Waals surface area contributed by atoms with Crippen molar-refractivity contribution in [3.05, 3.63) is 50.9 Å². The van der Waals surface area contributed by atoms with E-state index in [1.807, 2.05) is 6.92 Å². The number of rotatable bonds is 4. The van der Waals surface area contributed by atoms with Gasteiger partial charge in [0.15, 0.2) is 0 Å². The summed E-state index contributed by atoms with van der Waals surface area (Å²) in [6.07, 6.45) is 6.37. The molecular formula is C13H11Br2NO3. The van der Waals surface area contributed by atoms with Gasteiger partial charge in [0.25, 0.3) is 0 Å². The van der Waals surface area contributed by atoms with Gasteiger partial charge >= 0.3 is 5.97 Å². The van der Waals surface area contributed by atoms with E-state index < -0.39 is 11.9 Å². The van der Waals surface area contributed by atoms with Gasteiger partial charge in [0.05, 0.1) is 11.3 Å². The van der Waals surface area contributed by atoms with Crippen molar-refractivity contribution >= 4 is 49.4 Å². The predicted molar refractivity (Wildman–Crippen MR) is 81.4 cm³/mol. The van der Waals surface area contributed by atoms with Gasteiger partial charge in [-0.2, -0.15) is 0 Å². The van der Waals surface area contributed by atoms with Crippen LogP contribution in [0, 0.1) is 0 Å². The topological polar surface area (TPSA) is 66.4 Å². The number of hydrogen-bond donors (Lipinski definition) is 2. The minimum absolute atomic E-state index is 0.00836. The van der Waals surface area contributed by atoms with Gasteiger partial charge in [-0.1, -0.05) is 34.2 Å². The molecule has 0 atom stereocenters. The van der Waals surface area contributed by atoms with Crippen molar-refractivity contribution in [2.45, 2.75) is 6.92 Å². The first-order valence-corrected chi connectivity index (χ1v) is 6.87. The Morgan fingerprint density at radius 3 is 2.53 bits per heavy atom. The Kier molecular flexibility index (Phi) is 5.98. The summed E-state index contributed by atoms with van der Waals surface area (Å²) in [4.78, 5) is 22.8. The minimum atomic E-state index is -1.12. The van der Waals surface area contributed by atoms with E-state index in [1.54, 1.807) is 24.3 Å². The Balaban J connectivity index is 3.06. The van der Waals surface area contributed by atoms with Crippen LogP contribution in [0.15, 0.2) is 45.4 Å². The monoisotopic (exact) mass is 387 g/mol. The number of carbonyl (C=O) groups excluding carboxylic acids is 1. The lowest BCUT2D eigenvalue weighted by molar-refractivity contribution is -0.111. The molecule has 0 fully saturated rings. The highest BCUT2D eigenvalue weighted by Gasteiger charge is 2.15. The smallest absolute Gasteiger partial charge is 0.337 e. The summed E-state index contributed by atoms with van der Waals surface area (Å²) in [5.74, 6) is -1.52. The Bertz CT molecular complexity index is 565. The highest BCUT2D eigenvalue weighted by Crippen LogP contribution is 2.30. The maximum absolute atomic E-state index is 11.6. The molecule has 0 aliphatic carbocycles. The maximum atomic E-state index is 11.6. The van der Waals surface area contributed by atoms with Crippen molar-refractivity contribution in [1.29, 1.82) is 0 Å². The molecule has 0 aromatic heterocycles. The van der Waals surface area contributed by atoms with E-state index in [-0.39, 0.29) is 11.3 Å². The minimum Gasteiger partial charge on any atom is -0.478 e. The summed E-state index contributed by atoms with van der Waals surface area (Å²) in [5.41, 5.74) is 0.236. The standard InChI is InChI=1S/C13H11Br2NO3/c1-2-3-4-5-11(17)16-12-9(13(18)19)6-8(14)7-10(12)15/h2-7H,1H3,(H,16,17)(H,18,19). The van der Waals surface area contributed by atoms with Crippen molar-refractivity contribution in [3.8, 4) is 0 Å². The zero-order valence-electron chi connectivity index (χ0n) is 9.98. The molecule has 1 rings (SSSR count).